The summed E-state index contributed by atoms with van der Waals surface area (Å²) < 4.78 is 3.58. The highest BCUT2D eigenvalue weighted by atomic mass is 32.2. The fraction of sp³-hybridized carbons (Fsp3) is 0.478. The summed E-state index contributed by atoms with van der Waals surface area (Å²) >= 11 is 1.43. The molecule has 0 saturated carbocycles. The second-order valence-corrected chi connectivity index (χ2v) is 9.32. The van der Waals surface area contributed by atoms with Crippen LogP contribution in [0.5, 0.6) is 0 Å². The zero-order valence-electron chi connectivity index (χ0n) is 18.1. The first-order chi connectivity index (χ1) is 15.0. The number of aromatic nitrogens is 4. The van der Waals surface area contributed by atoms with E-state index < -0.39 is 0 Å². The summed E-state index contributed by atoms with van der Waals surface area (Å²) in [4.78, 5) is 30.3. The zero-order chi connectivity index (χ0) is 21.8. The smallest absolute Gasteiger partial charge is 0.284 e. The van der Waals surface area contributed by atoms with E-state index in [4.69, 9.17) is 4.98 Å². The number of carbonyl (C=O) groups excluding carboxylic acids is 1. The van der Waals surface area contributed by atoms with E-state index >= 15 is 0 Å². The van der Waals surface area contributed by atoms with Gasteiger partial charge in [0.05, 0.1) is 11.4 Å². The third-order valence-corrected chi connectivity index (χ3v) is 6.52. The van der Waals surface area contributed by atoms with Crippen LogP contribution >= 0.6 is 11.8 Å². The predicted molar refractivity (Wildman–Crippen MR) is 123 cm³/mol. The van der Waals surface area contributed by atoms with Crippen LogP contribution in [0.3, 0.4) is 0 Å². The minimum atomic E-state index is -0.123. The number of hydrogen-bond donors (Lipinski definition) is 1. The van der Waals surface area contributed by atoms with Crippen LogP contribution in [0, 0.1) is 5.92 Å². The minimum absolute atomic E-state index is 0.00912. The van der Waals surface area contributed by atoms with E-state index in [2.05, 4.69) is 28.8 Å². The molecule has 1 aromatic carbocycles. The first kappa shape index (κ1) is 21.6. The maximum Gasteiger partial charge on any atom is 0.284 e. The zero-order valence-corrected chi connectivity index (χ0v) is 19.0. The SMILES string of the molecule is CC(C)CCNC(=O)CSc1nc2nn(-c3ccccc3)c(=O)c-2c2n1CCCCC2. The van der Waals surface area contributed by atoms with Crippen molar-refractivity contribution in [1.82, 2.24) is 24.6 Å². The summed E-state index contributed by atoms with van der Waals surface area (Å²) in [6, 6.07) is 9.44. The first-order valence-corrected chi connectivity index (χ1v) is 12.0. The van der Waals surface area contributed by atoms with Gasteiger partial charge in [-0.2, -0.15) is 4.68 Å². The van der Waals surface area contributed by atoms with Gasteiger partial charge in [-0.3, -0.25) is 9.59 Å². The van der Waals surface area contributed by atoms with Crippen molar-refractivity contribution in [3.05, 3.63) is 46.4 Å². The maximum atomic E-state index is 13.2. The van der Waals surface area contributed by atoms with E-state index in [1.807, 2.05) is 30.3 Å². The van der Waals surface area contributed by atoms with E-state index in [-0.39, 0.29) is 11.5 Å². The van der Waals surface area contributed by atoms with Crippen molar-refractivity contribution in [2.75, 3.05) is 12.3 Å². The highest BCUT2D eigenvalue weighted by Crippen LogP contribution is 2.30. The predicted octanol–water partition coefficient (Wildman–Crippen LogP) is 3.51. The fourth-order valence-electron chi connectivity index (χ4n) is 3.89. The lowest BCUT2D eigenvalue weighted by atomic mass is 10.1. The van der Waals surface area contributed by atoms with Crippen LogP contribution < -0.4 is 10.9 Å². The minimum Gasteiger partial charge on any atom is -0.355 e. The molecule has 1 N–H and O–H groups in total. The van der Waals surface area contributed by atoms with Gasteiger partial charge in [0.2, 0.25) is 5.91 Å². The van der Waals surface area contributed by atoms with Crippen molar-refractivity contribution < 1.29 is 4.79 Å². The number of fused-ring (bicyclic) bond motifs is 3. The van der Waals surface area contributed by atoms with Crippen LogP contribution in [0.15, 0.2) is 40.3 Å². The number of nitrogens with one attached hydrogen (secondary N) is 1. The van der Waals surface area contributed by atoms with Crippen molar-refractivity contribution in [1.29, 1.82) is 0 Å². The Balaban J connectivity index is 1.66. The Morgan fingerprint density at radius 2 is 2.00 bits per heavy atom. The van der Waals surface area contributed by atoms with Gasteiger partial charge in [0, 0.05) is 18.8 Å². The van der Waals surface area contributed by atoms with Crippen LogP contribution in [0.1, 0.15) is 45.2 Å². The Labute approximate surface area is 186 Å². The topological polar surface area (TPSA) is 81.8 Å². The molecule has 7 nitrogen and oxygen atoms in total. The Bertz CT molecular complexity index is 1070. The van der Waals surface area contributed by atoms with Gasteiger partial charge >= 0.3 is 0 Å². The highest BCUT2D eigenvalue weighted by Gasteiger charge is 2.27. The first-order valence-electron chi connectivity index (χ1n) is 11.0. The molecular formula is C23H29N5O2S. The summed E-state index contributed by atoms with van der Waals surface area (Å²) in [5, 5.41) is 8.29. The van der Waals surface area contributed by atoms with E-state index in [1.54, 1.807) is 0 Å². The number of rotatable bonds is 7. The number of thioether (sulfide) groups is 1. The summed E-state index contributed by atoms with van der Waals surface area (Å²) in [5.74, 6) is 1.34. The molecule has 0 atom stereocenters. The number of para-hydroxylation sites is 1. The van der Waals surface area contributed by atoms with Gasteiger partial charge in [0.25, 0.3) is 5.56 Å². The molecule has 0 fully saturated rings. The number of nitrogens with zero attached hydrogens (tertiary/aromatic N) is 4. The molecule has 3 aliphatic heterocycles. The molecule has 0 bridgehead atoms. The van der Waals surface area contributed by atoms with E-state index in [0.29, 0.717) is 29.6 Å². The second kappa shape index (κ2) is 9.68. The summed E-state index contributed by atoms with van der Waals surface area (Å²) in [6.45, 7) is 5.79. The summed E-state index contributed by atoms with van der Waals surface area (Å²) in [5.41, 5.74) is 2.22. The molecule has 8 heteroatoms. The van der Waals surface area contributed by atoms with Gasteiger partial charge in [-0.05, 0) is 43.7 Å². The number of hydrogen-bond acceptors (Lipinski definition) is 5. The average Bonchev–Trinajstić information content (AvgIpc) is 2.92. The Kier molecular flexibility index (Phi) is 6.75. The largest absolute Gasteiger partial charge is 0.355 e. The summed E-state index contributed by atoms with van der Waals surface area (Å²) in [7, 11) is 0. The Morgan fingerprint density at radius 1 is 1.19 bits per heavy atom. The summed E-state index contributed by atoms with van der Waals surface area (Å²) in [6.07, 6.45) is 4.98. The molecule has 0 aromatic heterocycles. The molecule has 0 radical (unpaired) electrons. The van der Waals surface area contributed by atoms with Gasteiger partial charge in [0.1, 0.15) is 5.56 Å². The second-order valence-electron chi connectivity index (χ2n) is 8.38. The quantitative estimate of drug-likeness (QED) is 0.450. The van der Waals surface area contributed by atoms with E-state index in [0.717, 1.165) is 55.2 Å². The molecule has 0 saturated heterocycles. The molecule has 3 heterocycles. The third-order valence-electron chi connectivity index (χ3n) is 5.54. The van der Waals surface area contributed by atoms with Crippen molar-refractivity contribution in [3.63, 3.8) is 0 Å². The molecule has 0 aliphatic carbocycles. The molecule has 164 valence electrons. The van der Waals surface area contributed by atoms with Crippen LogP contribution in [-0.4, -0.2) is 37.5 Å². The highest BCUT2D eigenvalue weighted by molar-refractivity contribution is 7.99. The molecular weight excluding hydrogens is 410 g/mol. The van der Waals surface area contributed by atoms with Crippen molar-refractivity contribution in [3.8, 4) is 17.1 Å². The van der Waals surface area contributed by atoms with Crippen molar-refractivity contribution in [2.45, 2.75) is 57.7 Å². The molecule has 1 aromatic rings. The van der Waals surface area contributed by atoms with E-state index in [1.165, 1.54) is 16.4 Å². The lowest BCUT2D eigenvalue weighted by Gasteiger charge is -2.17. The average molecular weight is 440 g/mol. The Morgan fingerprint density at radius 3 is 2.77 bits per heavy atom. The van der Waals surface area contributed by atoms with Crippen LogP contribution in [0.2, 0.25) is 0 Å². The molecule has 0 unspecified atom stereocenters. The third kappa shape index (κ3) is 4.84. The van der Waals surface area contributed by atoms with Gasteiger partial charge in [-0.25, -0.2) is 4.98 Å². The van der Waals surface area contributed by atoms with Gasteiger partial charge < -0.3 is 9.88 Å². The molecule has 4 rings (SSSR count). The van der Waals surface area contributed by atoms with Crippen molar-refractivity contribution in [2.24, 2.45) is 5.92 Å². The van der Waals surface area contributed by atoms with Crippen LogP contribution in [0.25, 0.3) is 17.1 Å². The molecule has 1 amide bonds. The lowest BCUT2D eigenvalue weighted by molar-refractivity contribution is -0.118. The van der Waals surface area contributed by atoms with Gasteiger partial charge in [0.15, 0.2) is 11.0 Å². The van der Waals surface area contributed by atoms with Crippen molar-refractivity contribution >= 4 is 17.7 Å². The van der Waals surface area contributed by atoms with Gasteiger partial charge in [-0.15, -0.1) is 5.10 Å². The normalized spacial score (nSPS) is 13.9. The molecule has 3 aliphatic rings. The van der Waals surface area contributed by atoms with Crippen LogP contribution in [-0.2, 0) is 17.8 Å². The maximum absolute atomic E-state index is 13.2. The number of carbonyl (C=O) groups is 1. The van der Waals surface area contributed by atoms with E-state index in [9.17, 15) is 9.59 Å². The lowest BCUT2D eigenvalue weighted by Crippen LogP contribution is -2.27. The fourth-order valence-corrected chi connectivity index (χ4v) is 4.76. The molecule has 31 heavy (non-hydrogen) atoms. The van der Waals surface area contributed by atoms with Crippen LogP contribution in [0.4, 0.5) is 0 Å². The molecule has 0 spiro atoms. The number of amides is 1. The monoisotopic (exact) mass is 439 g/mol. The number of benzene rings is 1. The van der Waals surface area contributed by atoms with Gasteiger partial charge in [-0.1, -0.05) is 50.2 Å². The standard InChI is InChI=1S/C23H29N5O2S/c1-16(2)12-13-24-19(29)15-31-23-25-21-20(18-11-7-4-8-14-27(18)23)22(30)28(26-21)17-9-5-3-6-10-17/h3,5-6,9-10,16H,4,7-8,11-15H2,1-2H3,(H,24,29). The Hall–Kier alpha value is -2.61.